The fraction of sp³-hybridized carbons (Fsp3) is 0.222. The number of hydrogen-bond donors (Lipinski definition) is 0. The molecule has 0 aliphatic rings. The molecule has 0 N–H and O–H groups in total. The van der Waals surface area contributed by atoms with Gasteiger partial charge in [-0.2, -0.15) is 0 Å². The van der Waals surface area contributed by atoms with Gasteiger partial charge in [0.2, 0.25) is 0 Å². The lowest BCUT2D eigenvalue weighted by molar-refractivity contribution is -0.0864. The summed E-state index contributed by atoms with van der Waals surface area (Å²) in [4.78, 5) is 0.371. The monoisotopic (exact) mass is 357 g/mol. The predicted molar refractivity (Wildman–Crippen MR) is 94.5 cm³/mol. The Hall–Kier alpha value is -1.52. The molecule has 0 amide bonds. The molecule has 1 atom stereocenters. The molecule has 1 unspecified atom stereocenters. The molecule has 0 spiro atoms. The van der Waals surface area contributed by atoms with Gasteiger partial charge in [-0.1, -0.05) is 44.2 Å². The first-order chi connectivity index (χ1) is 10.4. The van der Waals surface area contributed by atoms with Gasteiger partial charge >= 0.3 is 5.51 Å². The Morgan fingerprint density at radius 2 is 1.57 bits per heavy atom. The van der Waals surface area contributed by atoms with E-state index in [1.54, 1.807) is 42.5 Å². The van der Waals surface area contributed by atoms with E-state index in [-0.39, 0.29) is 18.3 Å². The molecule has 0 fully saturated rings. The lowest BCUT2D eigenvalue weighted by atomic mass is 9.99. The van der Waals surface area contributed by atoms with Gasteiger partial charge in [0.15, 0.2) is 9.58 Å². The average Bonchev–Trinajstić information content (AvgIpc) is 2.87. The average molecular weight is 358 g/mol. The van der Waals surface area contributed by atoms with E-state index in [1.807, 2.05) is 26.0 Å². The van der Waals surface area contributed by atoms with E-state index >= 15 is 0 Å². The second-order valence-corrected chi connectivity index (χ2v) is 7.50. The molecule has 23 heavy (non-hydrogen) atoms. The number of hydrogen-bond acceptors (Lipinski definition) is 0. The number of rotatable bonds is 2. The van der Waals surface area contributed by atoms with Gasteiger partial charge in [-0.05, 0) is 29.7 Å². The lowest BCUT2D eigenvalue weighted by Crippen LogP contribution is -1.96. The minimum Gasteiger partial charge on any atom is -0.147 e. The van der Waals surface area contributed by atoms with Crippen molar-refractivity contribution in [3.05, 3.63) is 60.2 Å². The summed E-state index contributed by atoms with van der Waals surface area (Å²) in [6.07, 6.45) is 0. The van der Waals surface area contributed by atoms with E-state index in [0.717, 1.165) is 10.9 Å². The van der Waals surface area contributed by atoms with Crippen molar-refractivity contribution in [1.29, 1.82) is 0 Å². The van der Waals surface area contributed by atoms with Gasteiger partial charge in [-0.3, -0.25) is 0 Å². The summed E-state index contributed by atoms with van der Waals surface area (Å²) in [5, 5.41) is 0.747. The molecule has 3 aromatic rings. The minimum absolute atomic E-state index is 0. The molecular weight excluding hydrogens is 341 g/mol. The predicted octanol–water partition coefficient (Wildman–Crippen LogP) is 7.28. The summed E-state index contributed by atoms with van der Waals surface area (Å²) in [7, 11) is -1.87. The Morgan fingerprint density at radius 1 is 0.913 bits per heavy atom. The number of benzene rings is 2. The van der Waals surface area contributed by atoms with E-state index in [2.05, 4.69) is 0 Å². The van der Waals surface area contributed by atoms with Crippen LogP contribution in [0, 0.1) is 0 Å². The van der Waals surface area contributed by atoms with Gasteiger partial charge in [0.1, 0.15) is 10.5 Å². The normalized spacial score (nSPS) is 12.5. The van der Waals surface area contributed by atoms with Crippen LogP contribution in [0.15, 0.2) is 54.6 Å². The Balaban J connectivity index is 0.00000192. The van der Waals surface area contributed by atoms with Gasteiger partial charge < -0.3 is 0 Å². The van der Waals surface area contributed by atoms with Crippen molar-refractivity contribution in [2.24, 2.45) is 0 Å². The highest BCUT2D eigenvalue weighted by Crippen LogP contribution is 2.55. The molecular formula is C18H17ClF3S+. The number of halogens is 4. The van der Waals surface area contributed by atoms with Crippen LogP contribution in [0.25, 0.3) is 20.5 Å². The maximum Gasteiger partial charge on any atom is 0.601 e. The topological polar surface area (TPSA) is 0 Å². The standard InChI is InChI=1S/C18H16F3S.ClH/c1-12(2)14-9-6-10-16-15(14)11-17(22(16)18(19,20)21)13-7-4-3-5-8-13;/h3-12H,1-2H3;1H/q+1;. The lowest BCUT2D eigenvalue weighted by Gasteiger charge is -2.05. The number of alkyl halides is 3. The molecule has 1 aromatic heterocycles. The van der Waals surface area contributed by atoms with Crippen LogP contribution in [0.4, 0.5) is 13.2 Å². The zero-order valence-corrected chi connectivity index (χ0v) is 14.4. The SMILES string of the molecule is CC(C)c1cccc2c1cc(-c1ccccc1)[s+]2C(F)(F)F.Cl. The Labute approximate surface area is 142 Å². The molecule has 3 rings (SSSR count). The van der Waals surface area contributed by atoms with Crippen LogP contribution in [0.2, 0.25) is 0 Å². The van der Waals surface area contributed by atoms with Crippen molar-refractivity contribution >= 4 is 33.0 Å². The van der Waals surface area contributed by atoms with E-state index in [0.29, 0.717) is 15.1 Å². The molecule has 0 saturated carbocycles. The van der Waals surface area contributed by atoms with E-state index in [4.69, 9.17) is 0 Å². The zero-order chi connectivity index (χ0) is 15.9. The molecule has 0 bridgehead atoms. The number of fused-ring (bicyclic) bond motifs is 1. The summed E-state index contributed by atoms with van der Waals surface area (Å²) in [6, 6.07) is 15.9. The van der Waals surface area contributed by atoms with Crippen molar-refractivity contribution < 1.29 is 13.2 Å². The minimum atomic E-state index is -4.26. The van der Waals surface area contributed by atoms with Crippen LogP contribution in [0.1, 0.15) is 25.3 Å². The van der Waals surface area contributed by atoms with Crippen LogP contribution in [-0.2, 0) is 5.51 Å². The van der Waals surface area contributed by atoms with E-state index in [1.165, 1.54) is 0 Å². The van der Waals surface area contributed by atoms with Crippen molar-refractivity contribution in [3.8, 4) is 10.4 Å². The summed E-state index contributed by atoms with van der Waals surface area (Å²) in [6.45, 7) is 4.02. The summed E-state index contributed by atoms with van der Waals surface area (Å²) in [5.74, 6) is 0.194. The highest BCUT2D eigenvalue weighted by molar-refractivity contribution is 7.41. The fourth-order valence-corrected chi connectivity index (χ4v) is 4.71. The third-order valence-corrected chi connectivity index (χ3v) is 5.78. The second-order valence-electron chi connectivity index (χ2n) is 5.54. The molecule has 0 nitrogen and oxygen atoms in total. The maximum absolute atomic E-state index is 13.7. The van der Waals surface area contributed by atoms with E-state index in [9.17, 15) is 13.2 Å². The van der Waals surface area contributed by atoms with Crippen LogP contribution in [0.3, 0.4) is 0 Å². The van der Waals surface area contributed by atoms with Gasteiger partial charge in [0.05, 0.1) is 0 Å². The quantitative estimate of drug-likeness (QED) is 0.423. The van der Waals surface area contributed by atoms with Gasteiger partial charge in [0.25, 0.3) is 0 Å². The van der Waals surface area contributed by atoms with Crippen molar-refractivity contribution in [3.63, 3.8) is 0 Å². The molecule has 1 heterocycles. The van der Waals surface area contributed by atoms with Crippen molar-refractivity contribution in [2.45, 2.75) is 25.3 Å². The molecule has 0 aliphatic carbocycles. The molecule has 0 aliphatic heterocycles. The largest absolute Gasteiger partial charge is 0.601 e. The summed E-state index contributed by atoms with van der Waals surface area (Å²) in [5.41, 5.74) is -2.64. The molecule has 5 heteroatoms. The first-order valence-electron chi connectivity index (χ1n) is 7.10. The molecule has 0 saturated heterocycles. The smallest absolute Gasteiger partial charge is 0.147 e. The molecule has 122 valence electrons. The highest BCUT2D eigenvalue weighted by Gasteiger charge is 2.48. The van der Waals surface area contributed by atoms with Crippen LogP contribution >= 0.6 is 22.9 Å². The van der Waals surface area contributed by atoms with Crippen molar-refractivity contribution in [2.75, 3.05) is 0 Å². The van der Waals surface area contributed by atoms with Crippen LogP contribution in [0.5, 0.6) is 0 Å². The Bertz CT molecular complexity index is 804. The Kier molecular flexibility index (Phi) is 5.07. The van der Waals surface area contributed by atoms with Gasteiger partial charge in [-0.15, -0.1) is 25.6 Å². The van der Waals surface area contributed by atoms with Gasteiger partial charge in [-0.25, -0.2) is 0 Å². The van der Waals surface area contributed by atoms with Crippen LogP contribution in [-0.4, -0.2) is 0 Å². The van der Waals surface area contributed by atoms with Gasteiger partial charge in [0, 0.05) is 17.0 Å². The van der Waals surface area contributed by atoms with Crippen LogP contribution < -0.4 is 0 Å². The highest BCUT2D eigenvalue weighted by atomic mass is 35.5. The third-order valence-electron chi connectivity index (χ3n) is 3.73. The molecule has 0 radical (unpaired) electrons. The summed E-state index contributed by atoms with van der Waals surface area (Å²) >= 11 is 0. The first kappa shape index (κ1) is 17.8. The summed E-state index contributed by atoms with van der Waals surface area (Å²) < 4.78 is 41.4. The first-order valence-corrected chi connectivity index (χ1v) is 8.33. The maximum atomic E-state index is 13.7. The second kappa shape index (κ2) is 6.54. The third kappa shape index (κ3) is 3.24. The molecule has 2 aromatic carbocycles. The zero-order valence-electron chi connectivity index (χ0n) is 12.7. The fourth-order valence-electron chi connectivity index (χ4n) is 2.76. The number of thiophene rings is 1. The Morgan fingerprint density at radius 3 is 2.13 bits per heavy atom. The van der Waals surface area contributed by atoms with E-state index < -0.39 is 16.0 Å². The van der Waals surface area contributed by atoms with Crippen molar-refractivity contribution in [1.82, 2.24) is 0 Å².